The zero-order valence-corrected chi connectivity index (χ0v) is 23.1. The summed E-state index contributed by atoms with van der Waals surface area (Å²) >= 11 is 0. The highest BCUT2D eigenvalue weighted by Gasteiger charge is 2.27. The molecule has 0 bridgehead atoms. The third kappa shape index (κ3) is 4.40. The lowest BCUT2D eigenvalue weighted by molar-refractivity contribution is 0.491. The minimum absolute atomic E-state index is 0.0244. The van der Waals surface area contributed by atoms with E-state index in [0.29, 0.717) is 0 Å². The molecule has 0 amide bonds. The smallest absolute Gasteiger partial charge is 0.129 e. The zero-order valence-electron chi connectivity index (χ0n) is 23.1. The van der Waals surface area contributed by atoms with Gasteiger partial charge in [0.1, 0.15) is 5.84 Å². The molecule has 7 aromatic rings. The summed E-state index contributed by atoms with van der Waals surface area (Å²) in [4.78, 5) is 10.0. The Bertz CT molecular complexity index is 2100. The van der Waals surface area contributed by atoms with Gasteiger partial charge in [0, 0.05) is 22.7 Å². The highest BCUT2D eigenvalue weighted by Crippen LogP contribution is 2.37. The van der Waals surface area contributed by atoms with E-state index in [4.69, 9.17) is 4.99 Å². The van der Waals surface area contributed by atoms with Crippen LogP contribution in [0.25, 0.3) is 43.6 Å². The van der Waals surface area contributed by atoms with Crippen molar-refractivity contribution in [2.75, 3.05) is 0 Å². The molecular formula is C39H29N3. The SMILES string of the molecule is c1ccc2cc(C3CC(c4ccc(-c5cccc6cccnc56)cc4)N=C(c4cccc5ccccc45)N3)ccc2c1. The van der Waals surface area contributed by atoms with E-state index in [0.717, 1.165) is 34.3 Å². The maximum atomic E-state index is 5.36. The van der Waals surface area contributed by atoms with Crippen LogP contribution in [0.3, 0.4) is 0 Å². The quantitative estimate of drug-likeness (QED) is 0.242. The van der Waals surface area contributed by atoms with Gasteiger partial charge in [-0.05, 0) is 56.8 Å². The second kappa shape index (κ2) is 10.3. The molecule has 3 heteroatoms. The molecule has 2 heterocycles. The first-order chi connectivity index (χ1) is 20.8. The molecule has 0 saturated heterocycles. The number of aromatic nitrogens is 1. The summed E-state index contributed by atoms with van der Waals surface area (Å²) in [7, 11) is 0. The van der Waals surface area contributed by atoms with Crippen molar-refractivity contribution in [2.45, 2.75) is 18.5 Å². The second-order valence-corrected chi connectivity index (χ2v) is 11.1. The van der Waals surface area contributed by atoms with Crippen LogP contribution in [-0.4, -0.2) is 10.8 Å². The fourth-order valence-electron chi connectivity index (χ4n) is 6.35. The van der Waals surface area contributed by atoms with Gasteiger partial charge in [-0.25, -0.2) is 0 Å². The van der Waals surface area contributed by atoms with Crippen LogP contribution >= 0.6 is 0 Å². The lowest BCUT2D eigenvalue weighted by Gasteiger charge is -2.31. The molecule has 3 nitrogen and oxygen atoms in total. The van der Waals surface area contributed by atoms with Gasteiger partial charge in [-0.2, -0.15) is 0 Å². The number of hydrogen-bond donors (Lipinski definition) is 1. The van der Waals surface area contributed by atoms with Crippen molar-refractivity contribution in [1.82, 2.24) is 10.3 Å². The van der Waals surface area contributed by atoms with Crippen molar-refractivity contribution < 1.29 is 0 Å². The van der Waals surface area contributed by atoms with E-state index in [2.05, 4.69) is 144 Å². The molecule has 2 atom stereocenters. The largest absolute Gasteiger partial charge is 0.363 e. The van der Waals surface area contributed by atoms with Crippen LogP contribution in [0.15, 0.2) is 151 Å². The zero-order chi connectivity index (χ0) is 27.9. The summed E-state index contributed by atoms with van der Waals surface area (Å²) in [6.07, 6.45) is 2.74. The lowest BCUT2D eigenvalue weighted by Crippen LogP contribution is -2.35. The molecule has 8 rings (SSSR count). The standard InChI is InChI=1S/C39H29N3/c1-2-10-31-24-32(22-17-26(31)8-1)37-25-36(41-39(42-37)35-16-5-11-27-9-3-4-14-33(27)35)29-20-18-28(19-21-29)34-15-6-12-30-13-7-23-40-38(30)34/h1-24,36-37H,25H2,(H,41,42). The van der Waals surface area contributed by atoms with Crippen LogP contribution in [0, 0.1) is 0 Å². The third-order valence-electron chi connectivity index (χ3n) is 8.51. The van der Waals surface area contributed by atoms with Gasteiger partial charge < -0.3 is 5.32 Å². The number of aliphatic imine (C=N–C) groups is 1. The van der Waals surface area contributed by atoms with E-state index >= 15 is 0 Å². The Hall–Kier alpha value is -5.28. The van der Waals surface area contributed by atoms with Gasteiger partial charge in [0.05, 0.1) is 17.6 Å². The van der Waals surface area contributed by atoms with E-state index in [9.17, 15) is 0 Å². The molecule has 200 valence electrons. The molecule has 42 heavy (non-hydrogen) atoms. The summed E-state index contributed by atoms with van der Waals surface area (Å²) in [5.74, 6) is 0.948. The number of pyridine rings is 1. The molecule has 1 aromatic heterocycles. The number of nitrogens with one attached hydrogen (secondary N) is 1. The molecule has 0 aliphatic carbocycles. The Kier molecular flexibility index (Phi) is 6.00. The van der Waals surface area contributed by atoms with Gasteiger partial charge >= 0.3 is 0 Å². The average molecular weight is 540 g/mol. The maximum absolute atomic E-state index is 5.36. The van der Waals surface area contributed by atoms with Crippen LogP contribution in [-0.2, 0) is 0 Å². The first kappa shape index (κ1) is 24.5. The molecule has 1 aliphatic heterocycles. The summed E-state index contributed by atoms with van der Waals surface area (Å²) in [5.41, 5.74) is 6.99. The molecule has 2 unspecified atom stereocenters. The topological polar surface area (TPSA) is 37.3 Å². The number of fused-ring (bicyclic) bond motifs is 3. The number of para-hydroxylation sites is 1. The van der Waals surface area contributed by atoms with Gasteiger partial charge in [-0.15, -0.1) is 0 Å². The number of benzene rings is 6. The van der Waals surface area contributed by atoms with Crippen molar-refractivity contribution in [1.29, 1.82) is 0 Å². The maximum Gasteiger partial charge on any atom is 0.129 e. The minimum Gasteiger partial charge on any atom is -0.363 e. The van der Waals surface area contributed by atoms with Crippen molar-refractivity contribution in [2.24, 2.45) is 4.99 Å². The second-order valence-electron chi connectivity index (χ2n) is 11.1. The first-order valence-corrected chi connectivity index (χ1v) is 14.6. The van der Waals surface area contributed by atoms with Gasteiger partial charge in [-0.3, -0.25) is 9.98 Å². The monoisotopic (exact) mass is 539 g/mol. The molecule has 6 aromatic carbocycles. The van der Waals surface area contributed by atoms with Gasteiger partial charge in [0.15, 0.2) is 0 Å². The molecule has 0 radical (unpaired) electrons. The van der Waals surface area contributed by atoms with E-state index in [1.807, 2.05) is 12.3 Å². The van der Waals surface area contributed by atoms with Crippen molar-refractivity contribution in [3.05, 3.63) is 162 Å². The normalized spacial score (nSPS) is 16.8. The van der Waals surface area contributed by atoms with Crippen molar-refractivity contribution in [3.63, 3.8) is 0 Å². The molecular weight excluding hydrogens is 510 g/mol. The fourth-order valence-corrected chi connectivity index (χ4v) is 6.35. The molecule has 0 fully saturated rings. The lowest BCUT2D eigenvalue weighted by atomic mass is 9.90. The third-order valence-corrected chi connectivity index (χ3v) is 8.51. The van der Waals surface area contributed by atoms with Crippen molar-refractivity contribution in [3.8, 4) is 11.1 Å². The van der Waals surface area contributed by atoms with Crippen LogP contribution in [0.4, 0.5) is 0 Å². The van der Waals surface area contributed by atoms with Gasteiger partial charge in [0.2, 0.25) is 0 Å². The van der Waals surface area contributed by atoms with E-state index in [1.54, 1.807) is 0 Å². The summed E-state index contributed by atoms with van der Waals surface area (Å²) in [6, 6.07) is 50.0. The highest BCUT2D eigenvalue weighted by atomic mass is 15.1. The predicted octanol–water partition coefficient (Wildman–Crippen LogP) is 9.43. The number of nitrogens with zero attached hydrogens (tertiary/aromatic N) is 2. The Balaban J connectivity index is 1.21. The summed E-state index contributed by atoms with van der Waals surface area (Å²) in [5, 5.41) is 9.94. The summed E-state index contributed by atoms with van der Waals surface area (Å²) in [6.45, 7) is 0. The minimum atomic E-state index is 0.0244. The van der Waals surface area contributed by atoms with E-state index in [-0.39, 0.29) is 12.1 Å². The van der Waals surface area contributed by atoms with Crippen LogP contribution in [0.1, 0.15) is 35.2 Å². The van der Waals surface area contributed by atoms with Gasteiger partial charge in [0.25, 0.3) is 0 Å². The Morgan fingerprint density at radius 1 is 0.548 bits per heavy atom. The van der Waals surface area contributed by atoms with Crippen LogP contribution < -0.4 is 5.32 Å². The van der Waals surface area contributed by atoms with Crippen LogP contribution in [0.5, 0.6) is 0 Å². The molecule has 1 aliphatic rings. The number of amidine groups is 1. The molecule has 0 saturated carbocycles. The highest BCUT2D eigenvalue weighted by molar-refractivity contribution is 6.10. The van der Waals surface area contributed by atoms with Crippen molar-refractivity contribution >= 4 is 38.3 Å². The van der Waals surface area contributed by atoms with E-state index < -0.39 is 0 Å². The number of rotatable bonds is 4. The Morgan fingerprint density at radius 3 is 2.12 bits per heavy atom. The van der Waals surface area contributed by atoms with Gasteiger partial charge in [-0.1, -0.05) is 127 Å². The molecule has 0 spiro atoms. The predicted molar refractivity (Wildman–Crippen MR) is 175 cm³/mol. The Morgan fingerprint density at radius 2 is 1.24 bits per heavy atom. The fraction of sp³-hybridized carbons (Fsp3) is 0.0769. The van der Waals surface area contributed by atoms with Crippen LogP contribution in [0.2, 0.25) is 0 Å². The number of hydrogen-bond acceptors (Lipinski definition) is 3. The first-order valence-electron chi connectivity index (χ1n) is 14.6. The van der Waals surface area contributed by atoms with E-state index in [1.165, 1.54) is 38.2 Å². The summed E-state index contributed by atoms with van der Waals surface area (Å²) < 4.78 is 0. The average Bonchev–Trinajstić information content (AvgIpc) is 3.07. The molecule has 1 N–H and O–H groups in total. The Labute approximate surface area is 245 Å².